The lowest BCUT2D eigenvalue weighted by Gasteiger charge is -2.34. The molecule has 0 unspecified atom stereocenters. The lowest BCUT2D eigenvalue weighted by Crippen LogP contribution is -2.48. The molecule has 0 atom stereocenters. The standard InChI is InChI=1S/C19H17BrF2N6O/c20-14-3-1-13(2-4-14)19(29)27-9-7-26(8-10-27)12-18-23-24-25-28(18)15-5-6-16(21)17(22)11-15/h1-6,11H,7-10,12H2. The van der Waals surface area contributed by atoms with Gasteiger partial charge in [-0.25, -0.2) is 8.78 Å². The van der Waals surface area contributed by atoms with E-state index in [1.54, 1.807) is 12.1 Å². The second kappa shape index (κ2) is 8.34. The maximum absolute atomic E-state index is 13.5. The molecule has 0 saturated carbocycles. The molecule has 1 aliphatic rings. The molecular weight excluding hydrogens is 446 g/mol. The summed E-state index contributed by atoms with van der Waals surface area (Å²) < 4.78 is 29.0. The first kappa shape index (κ1) is 19.6. The first-order valence-electron chi connectivity index (χ1n) is 9.01. The molecule has 150 valence electrons. The van der Waals surface area contributed by atoms with E-state index in [2.05, 4.69) is 36.4 Å². The van der Waals surface area contributed by atoms with E-state index in [4.69, 9.17) is 0 Å². The summed E-state index contributed by atoms with van der Waals surface area (Å²) in [7, 11) is 0. The van der Waals surface area contributed by atoms with Crippen LogP contribution in [0, 0.1) is 11.6 Å². The van der Waals surface area contributed by atoms with Crippen LogP contribution < -0.4 is 0 Å². The molecular formula is C19H17BrF2N6O. The maximum atomic E-state index is 13.5. The van der Waals surface area contributed by atoms with Gasteiger partial charge in [0.1, 0.15) is 0 Å². The van der Waals surface area contributed by atoms with Crippen molar-refractivity contribution in [2.75, 3.05) is 26.2 Å². The number of carbonyl (C=O) groups excluding carboxylic acids is 1. The van der Waals surface area contributed by atoms with Crippen molar-refractivity contribution < 1.29 is 13.6 Å². The van der Waals surface area contributed by atoms with Crippen LogP contribution >= 0.6 is 15.9 Å². The molecule has 1 aromatic heterocycles. The molecule has 0 spiro atoms. The van der Waals surface area contributed by atoms with E-state index in [1.165, 1.54) is 10.7 Å². The van der Waals surface area contributed by atoms with Crippen molar-refractivity contribution in [1.82, 2.24) is 30.0 Å². The van der Waals surface area contributed by atoms with Gasteiger partial charge in [-0.05, 0) is 46.8 Å². The number of carbonyl (C=O) groups is 1. The van der Waals surface area contributed by atoms with E-state index in [-0.39, 0.29) is 5.91 Å². The van der Waals surface area contributed by atoms with E-state index in [9.17, 15) is 13.6 Å². The van der Waals surface area contributed by atoms with Gasteiger partial charge < -0.3 is 4.90 Å². The summed E-state index contributed by atoms with van der Waals surface area (Å²) in [5, 5.41) is 11.5. The summed E-state index contributed by atoms with van der Waals surface area (Å²) in [6.45, 7) is 2.93. The van der Waals surface area contributed by atoms with Gasteiger partial charge in [-0.1, -0.05) is 15.9 Å². The van der Waals surface area contributed by atoms with Gasteiger partial charge in [0, 0.05) is 42.3 Å². The molecule has 0 aliphatic carbocycles. The first-order valence-corrected chi connectivity index (χ1v) is 9.80. The van der Waals surface area contributed by atoms with Crippen LogP contribution in [0.25, 0.3) is 5.69 Å². The van der Waals surface area contributed by atoms with E-state index in [1.807, 2.05) is 17.0 Å². The highest BCUT2D eigenvalue weighted by Crippen LogP contribution is 2.16. The molecule has 2 aromatic carbocycles. The third kappa shape index (κ3) is 4.33. The van der Waals surface area contributed by atoms with Crippen LogP contribution in [0.1, 0.15) is 16.2 Å². The Kier molecular flexibility index (Phi) is 5.63. The molecule has 1 aliphatic heterocycles. The number of benzene rings is 2. The smallest absolute Gasteiger partial charge is 0.253 e. The van der Waals surface area contributed by atoms with Crippen molar-refractivity contribution in [2.24, 2.45) is 0 Å². The van der Waals surface area contributed by atoms with Crippen molar-refractivity contribution in [3.63, 3.8) is 0 Å². The number of hydrogen-bond donors (Lipinski definition) is 0. The zero-order valence-electron chi connectivity index (χ0n) is 15.3. The van der Waals surface area contributed by atoms with Crippen molar-refractivity contribution in [3.05, 3.63) is 70.0 Å². The molecule has 4 rings (SSSR count). The monoisotopic (exact) mass is 462 g/mol. The average Bonchev–Trinajstić information content (AvgIpc) is 3.19. The lowest BCUT2D eigenvalue weighted by atomic mass is 10.2. The van der Waals surface area contributed by atoms with Gasteiger partial charge in [0.15, 0.2) is 17.5 Å². The second-order valence-electron chi connectivity index (χ2n) is 6.68. The number of amides is 1. The van der Waals surface area contributed by atoms with Crippen molar-refractivity contribution in [2.45, 2.75) is 6.54 Å². The highest BCUT2D eigenvalue weighted by Gasteiger charge is 2.23. The normalized spacial score (nSPS) is 14.9. The minimum Gasteiger partial charge on any atom is -0.336 e. The molecule has 2 heterocycles. The topological polar surface area (TPSA) is 67.2 Å². The minimum atomic E-state index is -0.955. The average molecular weight is 463 g/mol. The molecule has 1 saturated heterocycles. The number of hydrogen-bond acceptors (Lipinski definition) is 5. The Bertz CT molecular complexity index is 1020. The number of aromatic nitrogens is 4. The van der Waals surface area contributed by atoms with E-state index in [0.717, 1.165) is 16.6 Å². The summed E-state index contributed by atoms with van der Waals surface area (Å²) in [6.07, 6.45) is 0. The zero-order valence-corrected chi connectivity index (χ0v) is 16.9. The van der Waals surface area contributed by atoms with Gasteiger partial charge in [-0.2, -0.15) is 4.68 Å². The van der Waals surface area contributed by atoms with Gasteiger partial charge in [0.05, 0.1) is 12.2 Å². The van der Waals surface area contributed by atoms with Crippen LogP contribution in [0.5, 0.6) is 0 Å². The number of halogens is 3. The van der Waals surface area contributed by atoms with Crippen molar-refractivity contribution in [3.8, 4) is 5.69 Å². The van der Waals surface area contributed by atoms with E-state index >= 15 is 0 Å². The quantitative estimate of drug-likeness (QED) is 0.596. The predicted octanol–water partition coefficient (Wildman–Crippen LogP) is 2.66. The van der Waals surface area contributed by atoms with Crippen LogP contribution in [-0.2, 0) is 6.54 Å². The number of rotatable bonds is 4. The minimum absolute atomic E-state index is 0.00349. The van der Waals surface area contributed by atoms with E-state index < -0.39 is 11.6 Å². The summed E-state index contributed by atoms with van der Waals surface area (Å²) >= 11 is 3.37. The summed E-state index contributed by atoms with van der Waals surface area (Å²) in [5.41, 5.74) is 1.01. The summed E-state index contributed by atoms with van der Waals surface area (Å²) in [6, 6.07) is 10.8. The van der Waals surface area contributed by atoms with Gasteiger partial charge >= 0.3 is 0 Å². The molecule has 1 amide bonds. The Morgan fingerprint density at radius 3 is 2.41 bits per heavy atom. The Balaban J connectivity index is 1.39. The van der Waals surface area contributed by atoms with Gasteiger partial charge in [0.25, 0.3) is 5.91 Å². The van der Waals surface area contributed by atoms with Gasteiger partial charge in [0.2, 0.25) is 0 Å². The number of piperazine rings is 1. The number of tetrazole rings is 1. The fourth-order valence-electron chi connectivity index (χ4n) is 3.21. The van der Waals surface area contributed by atoms with Crippen LogP contribution in [0.15, 0.2) is 46.9 Å². The number of nitrogens with zero attached hydrogens (tertiary/aromatic N) is 6. The Labute approximate surface area is 174 Å². The molecule has 10 heteroatoms. The maximum Gasteiger partial charge on any atom is 0.253 e. The molecule has 7 nitrogen and oxygen atoms in total. The highest BCUT2D eigenvalue weighted by molar-refractivity contribution is 9.10. The summed E-state index contributed by atoms with van der Waals surface area (Å²) in [5.74, 6) is -1.36. The molecule has 29 heavy (non-hydrogen) atoms. The molecule has 3 aromatic rings. The SMILES string of the molecule is O=C(c1ccc(Br)cc1)N1CCN(Cc2nnnn2-c2ccc(F)c(F)c2)CC1. The lowest BCUT2D eigenvalue weighted by molar-refractivity contribution is 0.0624. The van der Waals surface area contributed by atoms with Gasteiger partial charge in [-0.3, -0.25) is 9.69 Å². The first-order chi connectivity index (χ1) is 14.0. The van der Waals surface area contributed by atoms with Gasteiger partial charge in [-0.15, -0.1) is 5.10 Å². The zero-order chi connectivity index (χ0) is 20.4. The van der Waals surface area contributed by atoms with Crippen LogP contribution in [0.4, 0.5) is 8.78 Å². The Morgan fingerprint density at radius 1 is 1.00 bits per heavy atom. The Hall–Kier alpha value is -2.72. The van der Waals surface area contributed by atoms with E-state index in [0.29, 0.717) is 49.8 Å². The molecule has 0 N–H and O–H groups in total. The van der Waals surface area contributed by atoms with Crippen LogP contribution in [0.3, 0.4) is 0 Å². The second-order valence-corrected chi connectivity index (χ2v) is 7.60. The van der Waals surface area contributed by atoms with Crippen LogP contribution in [-0.4, -0.2) is 62.1 Å². The third-order valence-electron chi connectivity index (χ3n) is 4.80. The molecule has 0 radical (unpaired) electrons. The largest absolute Gasteiger partial charge is 0.336 e. The van der Waals surface area contributed by atoms with Crippen molar-refractivity contribution in [1.29, 1.82) is 0 Å². The third-order valence-corrected chi connectivity index (χ3v) is 5.33. The predicted molar refractivity (Wildman–Crippen MR) is 104 cm³/mol. The van der Waals surface area contributed by atoms with Crippen molar-refractivity contribution >= 4 is 21.8 Å². The Morgan fingerprint density at radius 2 is 1.72 bits per heavy atom. The summed E-state index contributed by atoms with van der Waals surface area (Å²) in [4.78, 5) is 16.6. The molecule has 0 bridgehead atoms. The van der Waals surface area contributed by atoms with Crippen LogP contribution in [0.2, 0.25) is 0 Å². The fraction of sp³-hybridized carbons (Fsp3) is 0.263. The highest BCUT2D eigenvalue weighted by atomic mass is 79.9. The molecule has 1 fully saturated rings. The fourth-order valence-corrected chi connectivity index (χ4v) is 3.47.